The van der Waals surface area contributed by atoms with Gasteiger partial charge in [-0.15, -0.1) is 0 Å². The van der Waals surface area contributed by atoms with E-state index in [4.69, 9.17) is 10.7 Å². The lowest BCUT2D eigenvalue weighted by Crippen LogP contribution is -2.31. The van der Waals surface area contributed by atoms with Crippen molar-refractivity contribution in [2.75, 3.05) is 13.1 Å². The van der Waals surface area contributed by atoms with Crippen LogP contribution in [0.25, 0.3) is 33.5 Å². The first-order valence-electron chi connectivity index (χ1n) is 11.7. The van der Waals surface area contributed by atoms with Crippen molar-refractivity contribution >= 4 is 27.8 Å². The number of amides is 1. The van der Waals surface area contributed by atoms with Crippen molar-refractivity contribution < 1.29 is 4.79 Å². The van der Waals surface area contributed by atoms with E-state index in [1.165, 1.54) is 16.5 Å². The van der Waals surface area contributed by atoms with Crippen LogP contribution in [0, 0.1) is 0 Å². The van der Waals surface area contributed by atoms with Gasteiger partial charge in [0, 0.05) is 49.2 Å². The molecule has 2 N–H and O–H groups in total. The van der Waals surface area contributed by atoms with Crippen molar-refractivity contribution in [1.82, 2.24) is 19.0 Å². The summed E-state index contributed by atoms with van der Waals surface area (Å²) in [7, 11) is 2.04. The lowest BCUT2D eigenvalue weighted by Gasteiger charge is -2.15. The predicted octanol–water partition coefficient (Wildman–Crippen LogP) is 4.42. The highest BCUT2D eigenvalue weighted by Gasteiger charge is 2.25. The molecule has 34 heavy (non-hydrogen) atoms. The molecule has 0 bridgehead atoms. The van der Waals surface area contributed by atoms with Crippen molar-refractivity contribution in [3.8, 4) is 11.5 Å². The van der Waals surface area contributed by atoms with Crippen LogP contribution in [0.15, 0.2) is 78.9 Å². The zero-order valence-corrected chi connectivity index (χ0v) is 19.2. The summed E-state index contributed by atoms with van der Waals surface area (Å²) in [6, 6.07) is 27.0. The van der Waals surface area contributed by atoms with Gasteiger partial charge in [-0.1, -0.05) is 48.5 Å². The summed E-state index contributed by atoms with van der Waals surface area (Å²) >= 11 is 0. The van der Waals surface area contributed by atoms with E-state index in [-0.39, 0.29) is 11.9 Å². The van der Waals surface area contributed by atoms with Gasteiger partial charge in [0.15, 0.2) is 5.82 Å². The fourth-order valence-electron chi connectivity index (χ4n) is 5.05. The molecule has 0 aliphatic carbocycles. The van der Waals surface area contributed by atoms with Gasteiger partial charge in [0.25, 0.3) is 5.91 Å². The molecule has 6 nitrogen and oxygen atoms in total. The summed E-state index contributed by atoms with van der Waals surface area (Å²) in [4.78, 5) is 19.9. The number of benzene rings is 3. The summed E-state index contributed by atoms with van der Waals surface area (Å²) in [6.07, 6.45) is 0.855. The number of hydrogen-bond acceptors (Lipinski definition) is 3. The number of aromatic nitrogens is 3. The minimum absolute atomic E-state index is 0.0280. The Hall–Kier alpha value is -3.90. The van der Waals surface area contributed by atoms with Gasteiger partial charge in [0.1, 0.15) is 0 Å². The summed E-state index contributed by atoms with van der Waals surface area (Å²) in [5.74, 6) is 0.912. The molecule has 6 heteroatoms. The number of nitrogens with zero attached hydrogens (tertiary/aromatic N) is 4. The van der Waals surface area contributed by atoms with Crippen LogP contribution in [0.5, 0.6) is 0 Å². The SMILES string of the molecule is Cn1c(-c2cc3ccccc3n2Cc2ccccc2)nc2cc(C(=O)N3CCC(N)C3)ccc21. The number of imidazole rings is 1. The predicted molar refractivity (Wildman–Crippen MR) is 136 cm³/mol. The third-order valence-corrected chi connectivity index (χ3v) is 6.86. The quantitative estimate of drug-likeness (QED) is 0.442. The number of carbonyl (C=O) groups excluding carboxylic acids is 1. The molecular weight excluding hydrogens is 422 g/mol. The zero-order valence-electron chi connectivity index (χ0n) is 19.2. The maximum absolute atomic E-state index is 13.0. The van der Waals surface area contributed by atoms with Crippen LogP contribution in [0.3, 0.4) is 0 Å². The average molecular weight is 450 g/mol. The molecule has 5 aromatic rings. The van der Waals surface area contributed by atoms with E-state index in [1.807, 2.05) is 36.2 Å². The van der Waals surface area contributed by atoms with Crippen LogP contribution in [0.1, 0.15) is 22.3 Å². The minimum Gasteiger partial charge on any atom is -0.337 e. The molecule has 6 rings (SSSR count). The van der Waals surface area contributed by atoms with E-state index < -0.39 is 0 Å². The van der Waals surface area contributed by atoms with E-state index in [0.29, 0.717) is 18.7 Å². The Labute approximate surface area is 198 Å². The molecule has 1 unspecified atom stereocenters. The molecule has 0 saturated carbocycles. The second-order valence-corrected chi connectivity index (χ2v) is 9.16. The number of fused-ring (bicyclic) bond motifs is 2. The monoisotopic (exact) mass is 449 g/mol. The Balaban J connectivity index is 1.45. The fraction of sp³-hybridized carbons (Fsp3) is 0.214. The van der Waals surface area contributed by atoms with E-state index >= 15 is 0 Å². The van der Waals surface area contributed by atoms with Gasteiger partial charge in [-0.3, -0.25) is 4.79 Å². The first-order chi connectivity index (χ1) is 16.6. The van der Waals surface area contributed by atoms with Crippen molar-refractivity contribution in [2.45, 2.75) is 19.0 Å². The van der Waals surface area contributed by atoms with E-state index in [0.717, 1.165) is 35.5 Å². The van der Waals surface area contributed by atoms with E-state index in [9.17, 15) is 4.79 Å². The Kier molecular flexibility index (Phi) is 4.96. The first kappa shape index (κ1) is 20.7. The lowest BCUT2D eigenvalue weighted by molar-refractivity contribution is 0.0791. The largest absolute Gasteiger partial charge is 0.337 e. The number of aryl methyl sites for hydroxylation is 1. The Morgan fingerprint density at radius 3 is 2.59 bits per heavy atom. The van der Waals surface area contributed by atoms with Crippen LogP contribution in [0.2, 0.25) is 0 Å². The minimum atomic E-state index is 0.0280. The molecule has 1 amide bonds. The Morgan fingerprint density at radius 1 is 1.00 bits per heavy atom. The molecule has 1 aliphatic rings. The summed E-state index contributed by atoms with van der Waals surface area (Å²) in [5, 5.41) is 1.18. The highest BCUT2D eigenvalue weighted by atomic mass is 16.2. The van der Waals surface area contributed by atoms with Crippen LogP contribution >= 0.6 is 0 Å². The van der Waals surface area contributed by atoms with Gasteiger partial charge >= 0.3 is 0 Å². The van der Waals surface area contributed by atoms with Crippen molar-refractivity contribution in [3.05, 3.63) is 90.0 Å². The van der Waals surface area contributed by atoms with Gasteiger partial charge in [-0.05, 0) is 42.3 Å². The fourth-order valence-corrected chi connectivity index (χ4v) is 5.05. The van der Waals surface area contributed by atoms with Crippen molar-refractivity contribution in [3.63, 3.8) is 0 Å². The average Bonchev–Trinajstić information content (AvgIpc) is 3.55. The molecule has 3 aromatic carbocycles. The lowest BCUT2D eigenvalue weighted by atomic mass is 10.2. The third kappa shape index (κ3) is 3.47. The van der Waals surface area contributed by atoms with E-state index in [2.05, 4.69) is 63.7 Å². The van der Waals surface area contributed by atoms with Gasteiger partial charge in [-0.2, -0.15) is 0 Å². The molecule has 0 radical (unpaired) electrons. The number of hydrogen-bond donors (Lipinski definition) is 1. The molecular formula is C28H27N5O. The standard InChI is InChI=1S/C28H27N5O/c1-31-25-12-11-21(28(34)32-14-13-22(29)18-32)15-23(25)30-27(31)26-16-20-9-5-6-10-24(20)33(26)17-19-7-3-2-4-8-19/h2-12,15-16,22H,13-14,17-18,29H2,1H3. The second kappa shape index (κ2) is 8.15. The molecule has 1 saturated heterocycles. The number of nitrogens with two attached hydrogens (primary N) is 1. The molecule has 170 valence electrons. The van der Waals surface area contributed by atoms with Crippen molar-refractivity contribution in [1.29, 1.82) is 0 Å². The maximum Gasteiger partial charge on any atom is 0.253 e. The summed E-state index contributed by atoms with van der Waals surface area (Å²) in [6.45, 7) is 2.08. The van der Waals surface area contributed by atoms with Gasteiger partial charge in [0.2, 0.25) is 0 Å². The Morgan fingerprint density at radius 2 is 1.79 bits per heavy atom. The number of carbonyl (C=O) groups is 1. The van der Waals surface area contributed by atoms with Crippen LogP contribution in [-0.2, 0) is 13.6 Å². The number of likely N-dealkylation sites (tertiary alicyclic amines) is 1. The van der Waals surface area contributed by atoms with Crippen LogP contribution < -0.4 is 5.73 Å². The van der Waals surface area contributed by atoms with Gasteiger partial charge < -0.3 is 19.8 Å². The highest BCUT2D eigenvalue weighted by molar-refractivity contribution is 5.98. The molecule has 2 aromatic heterocycles. The Bertz CT molecular complexity index is 1510. The summed E-state index contributed by atoms with van der Waals surface area (Å²) < 4.78 is 4.44. The number of para-hydroxylation sites is 1. The first-order valence-corrected chi connectivity index (χ1v) is 11.7. The molecule has 3 heterocycles. The maximum atomic E-state index is 13.0. The molecule has 1 fully saturated rings. The topological polar surface area (TPSA) is 69.1 Å². The number of rotatable bonds is 4. The van der Waals surface area contributed by atoms with Crippen LogP contribution in [-0.4, -0.2) is 44.1 Å². The molecule has 1 aliphatic heterocycles. The smallest absolute Gasteiger partial charge is 0.253 e. The highest BCUT2D eigenvalue weighted by Crippen LogP contribution is 2.31. The third-order valence-electron chi connectivity index (χ3n) is 6.86. The normalized spacial score (nSPS) is 16.1. The molecule has 1 atom stereocenters. The van der Waals surface area contributed by atoms with E-state index in [1.54, 1.807) is 0 Å². The van der Waals surface area contributed by atoms with Gasteiger partial charge in [-0.25, -0.2) is 4.98 Å². The second-order valence-electron chi connectivity index (χ2n) is 9.16. The van der Waals surface area contributed by atoms with Crippen molar-refractivity contribution in [2.24, 2.45) is 12.8 Å². The zero-order chi connectivity index (χ0) is 23.2. The van der Waals surface area contributed by atoms with Crippen LogP contribution in [0.4, 0.5) is 0 Å². The summed E-state index contributed by atoms with van der Waals surface area (Å²) in [5.41, 5.74) is 12.0. The van der Waals surface area contributed by atoms with Gasteiger partial charge in [0.05, 0.1) is 16.7 Å². The molecule has 0 spiro atoms.